The molecule has 0 bridgehead atoms. The van der Waals surface area contributed by atoms with Gasteiger partial charge in [-0.3, -0.25) is 9.59 Å². The molecule has 0 spiro atoms. The van der Waals surface area contributed by atoms with Crippen LogP contribution >= 0.6 is 11.6 Å². The Bertz CT molecular complexity index is 650. The average Bonchev–Trinajstić information content (AvgIpc) is 3.47. The van der Waals surface area contributed by atoms with Crippen molar-refractivity contribution in [2.75, 3.05) is 6.61 Å². The number of aliphatic hydroxyl groups is 1. The van der Waals surface area contributed by atoms with Crippen LogP contribution in [0, 0.1) is 5.92 Å². The first-order valence-corrected chi connectivity index (χ1v) is 9.51. The summed E-state index contributed by atoms with van der Waals surface area (Å²) >= 11 is 6.08. The number of carbonyl (C=O) groups excluding carboxylic acids is 2. The number of amides is 2. The van der Waals surface area contributed by atoms with Gasteiger partial charge in [0.05, 0.1) is 25.2 Å². The first-order valence-electron chi connectivity index (χ1n) is 9.13. The van der Waals surface area contributed by atoms with Gasteiger partial charge in [0.1, 0.15) is 6.10 Å². The molecule has 2 amide bonds. The van der Waals surface area contributed by atoms with Gasteiger partial charge in [0.25, 0.3) is 0 Å². The molecule has 0 aromatic heterocycles. The number of rotatable bonds is 7. The molecule has 142 valence electrons. The van der Waals surface area contributed by atoms with Crippen molar-refractivity contribution in [1.82, 2.24) is 10.6 Å². The van der Waals surface area contributed by atoms with Crippen molar-refractivity contribution in [2.45, 2.75) is 56.9 Å². The Balaban J connectivity index is 1.44. The molecular weight excluding hydrogens is 356 g/mol. The van der Waals surface area contributed by atoms with E-state index in [0.717, 1.165) is 18.4 Å². The predicted molar refractivity (Wildman–Crippen MR) is 97.6 cm³/mol. The number of benzene rings is 1. The zero-order valence-corrected chi connectivity index (χ0v) is 15.4. The van der Waals surface area contributed by atoms with E-state index >= 15 is 0 Å². The van der Waals surface area contributed by atoms with Gasteiger partial charge in [0.15, 0.2) is 0 Å². The Kier molecular flexibility index (Phi) is 6.51. The molecule has 0 unspecified atom stereocenters. The molecule has 0 radical (unpaired) electrons. The van der Waals surface area contributed by atoms with Gasteiger partial charge >= 0.3 is 0 Å². The fourth-order valence-electron chi connectivity index (χ4n) is 3.21. The number of hydrogen-bond acceptors (Lipinski definition) is 4. The van der Waals surface area contributed by atoms with E-state index in [1.807, 2.05) is 18.2 Å². The van der Waals surface area contributed by atoms with Crippen LogP contribution in [0.25, 0.3) is 0 Å². The maximum atomic E-state index is 12.2. The zero-order valence-electron chi connectivity index (χ0n) is 14.6. The fraction of sp³-hybridized carbons (Fsp3) is 0.579. The van der Waals surface area contributed by atoms with Gasteiger partial charge in [-0.2, -0.15) is 0 Å². The number of nitrogens with one attached hydrogen (secondary N) is 2. The second-order valence-corrected chi connectivity index (χ2v) is 7.43. The molecule has 1 aromatic rings. The number of carbonyl (C=O) groups is 2. The molecule has 26 heavy (non-hydrogen) atoms. The average molecular weight is 381 g/mol. The Morgan fingerprint density at radius 1 is 1.19 bits per heavy atom. The molecule has 3 rings (SSSR count). The lowest BCUT2D eigenvalue weighted by Crippen LogP contribution is -2.51. The molecule has 2 aliphatic rings. The number of ether oxygens (including phenoxy) is 1. The van der Waals surface area contributed by atoms with Crippen LogP contribution in [0.1, 0.15) is 37.7 Å². The van der Waals surface area contributed by atoms with Crippen molar-refractivity contribution in [3.8, 4) is 0 Å². The fourth-order valence-corrected chi connectivity index (χ4v) is 3.41. The van der Waals surface area contributed by atoms with Gasteiger partial charge in [-0.15, -0.1) is 0 Å². The topological polar surface area (TPSA) is 87.7 Å². The van der Waals surface area contributed by atoms with Crippen molar-refractivity contribution in [2.24, 2.45) is 5.92 Å². The summed E-state index contributed by atoms with van der Waals surface area (Å²) in [6.45, 7) is 0.197. The third kappa shape index (κ3) is 5.19. The van der Waals surface area contributed by atoms with Crippen LogP contribution in [0.2, 0.25) is 5.02 Å². The van der Waals surface area contributed by atoms with Crippen molar-refractivity contribution in [3.05, 3.63) is 34.9 Å². The van der Waals surface area contributed by atoms with Crippen molar-refractivity contribution >= 4 is 23.4 Å². The van der Waals surface area contributed by atoms with Crippen LogP contribution in [0.4, 0.5) is 0 Å². The van der Waals surface area contributed by atoms with Crippen LogP contribution in [-0.4, -0.2) is 41.8 Å². The van der Waals surface area contributed by atoms with Gasteiger partial charge in [0, 0.05) is 17.5 Å². The second kappa shape index (κ2) is 8.84. The minimum absolute atomic E-state index is 0.0491. The standard InChI is InChI=1S/C19H25ClN2O4/c20-15-4-2-1-3-13(15)10-21-18(24)9-14-7-8-16(17(11-23)26-14)22-19(25)12-5-6-12/h1-4,12,14,16-17,23H,5-11H2,(H,21,24)(H,22,25)/t14-,16-,17+/m0/s1. The van der Waals surface area contributed by atoms with E-state index in [4.69, 9.17) is 16.3 Å². The third-order valence-corrected chi connectivity index (χ3v) is 5.29. The monoisotopic (exact) mass is 380 g/mol. The van der Waals surface area contributed by atoms with Gasteiger partial charge in [-0.25, -0.2) is 0 Å². The highest BCUT2D eigenvalue weighted by Gasteiger charge is 2.36. The van der Waals surface area contributed by atoms with Crippen molar-refractivity contribution < 1.29 is 19.4 Å². The molecule has 1 saturated heterocycles. The Morgan fingerprint density at radius 2 is 1.96 bits per heavy atom. The summed E-state index contributed by atoms with van der Waals surface area (Å²) in [5.41, 5.74) is 0.864. The van der Waals surface area contributed by atoms with E-state index in [0.29, 0.717) is 24.4 Å². The molecule has 1 aliphatic heterocycles. The molecule has 7 heteroatoms. The van der Waals surface area contributed by atoms with Crippen LogP contribution in [0.5, 0.6) is 0 Å². The lowest BCUT2D eigenvalue weighted by atomic mass is 9.96. The highest BCUT2D eigenvalue weighted by atomic mass is 35.5. The number of halogens is 1. The molecule has 1 aromatic carbocycles. The highest BCUT2D eigenvalue weighted by Crippen LogP contribution is 2.30. The molecule has 3 atom stereocenters. The van der Waals surface area contributed by atoms with E-state index < -0.39 is 6.10 Å². The zero-order chi connectivity index (χ0) is 18.5. The normalized spacial score (nSPS) is 25.5. The molecule has 1 heterocycles. The summed E-state index contributed by atoms with van der Waals surface area (Å²) in [6, 6.07) is 7.19. The Morgan fingerprint density at radius 3 is 2.65 bits per heavy atom. The summed E-state index contributed by atoms with van der Waals surface area (Å²) in [4.78, 5) is 24.1. The molecular formula is C19H25ClN2O4. The maximum Gasteiger partial charge on any atom is 0.223 e. The van der Waals surface area contributed by atoms with Crippen LogP contribution in [-0.2, 0) is 20.9 Å². The summed E-state index contributed by atoms with van der Waals surface area (Å²) in [5.74, 6) is 0.0581. The molecule has 1 saturated carbocycles. The van der Waals surface area contributed by atoms with E-state index in [9.17, 15) is 14.7 Å². The summed E-state index contributed by atoms with van der Waals surface area (Å²) < 4.78 is 5.84. The molecule has 2 fully saturated rings. The van der Waals surface area contributed by atoms with Crippen molar-refractivity contribution in [3.63, 3.8) is 0 Å². The van der Waals surface area contributed by atoms with Crippen LogP contribution < -0.4 is 10.6 Å². The number of aliphatic hydroxyl groups excluding tert-OH is 1. The van der Waals surface area contributed by atoms with Crippen LogP contribution in [0.3, 0.4) is 0 Å². The SMILES string of the molecule is O=C(C[C@@H]1CC[C@H](NC(=O)C2CC2)[C@@H](CO)O1)NCc1ccccc1Cl. The minimum Gasteiger partial charge on any atom is -0.394 e. The Hall–Kier alpha value is -1.63. The van der Waals surface area contributed by atoms with Gasteiger partial charge in [-0.1, -0.05) is 29.8 Å². The predicted octanol–water partition coefficient (Wildman–Crippen LogP) is 1.78. The summed E-state index contributed by atoms with van der Waals surface area (Å²) in [6.07, 6.45) is 2.76. The molecule has 6 nitrogen and oxygen atoms in total. The summed E-state index contributed by atoms with van der Waals surface area (Å²) in [5, 5.41) is 16.0. The smallest absolute Gasteiger partial charge is 0.223 e. The van der Waals surface area contributed by atoms with E-state index in [-0.39, 0.29) is 42.9 Å². The van der Waals surface area contributed by atoms with Gasteiger partial charge in [-0.05, 0) is 37.3 Å². The molecule has 3 N–H and O–H groups in total. The van der Waals surface area contributed by atoms with Gasteiger partial charge < -0.3 is 20.5 Å². The molecule has 1 aliphatic carbocycles. The minimum atomic E-state index is -0.465. The van der Waals surface area contributed by atoms with Crippen molar-refractivity contribution in [1.29, 1.82) is 0 Å². The lowest BCUT2D eigenvalue weighted by molar-refractivity contribution is -0.136. The van der Waals surface area contributed by atoms with E-state index in [1.165, 1.54) is 0 Å². The summed E-state index contributed by atoms with van der Waals surface area (Å²) in [7, 11) is 0. The lowest BCUT2D eigenvalue weighted by Gasteiger charge is -2.36. The van der Waals surface area contributed by atoms with Crippen LogP contribution in [0.15, 0.2) is 24.3 Å². The van der Waals surface area contributed by atoms with E-state index in [1.54, 1.807) is 6.07 Å². The Labute approximate surface area is 158 Å². The third-order valence-electron chi connectivity index (χ3n) is 4.92. The van der Waals surface area contributed by atoms with Gasteiger partial charge in [0.2, 0.25) is 11.8 Å². The first kappa shape index (κ1) is 19.1. The largest absolute Gasteiger partial charge is 0.394 e. The second-order valence-electron chi connectivity index (χ2n) is 7.02. The number of hydrogen-bond donors (Lipinski definition) is 3. The van der Waals surface area contributed by atoms with E-state index in [2.05, 4.69) is 10.6 Å². The first-order chi connectivity index (χ1) is 12.6. The quantitative estimate of drug-likeness (QED) is 0.673. The highest BCUT2D eigenvalue weighted by molar-refractivity contribution is 6.31. The maximum absolute atomic E-state index is 12.2.